The molecule has 0 fully saturated rings. The SMILES string of the molecule is O=C(Cn1nc(-c2ccccc2)c2cc(Cl)ccc21)Nc1cc(F)ccc1F. The number of nitrogens with one attached hydrogen (secondary N) is 1. The van der Waals surface area contributed by atoms with E-state index < -0.39 is 17.5 Å². The molecule has 0 saturated carbocycles. The van der Waals surface area contributed by atoms with Gasteiger partial charge in [-0.1, -0.05) is 41.9 Å². The van der Waals surface area contributed by atoms with Crippen molar-refractivity contribution >= 4 is 34.1 Å². The van der Waals surface area contributed by atoms with Crippen LogP contribution in [0.25, 0.3) is 22.2 Å². The second-order valence-electron chi connectivity index (χ2n) is 6.21. The standard InChI is InChI=1S/C21H14ClF2N3O/c22-14-6-9-19-16(10-14)21(13-4-2-1-3-5-13)26-27(19)12-20(28)25-18-11-15(23)7-8-17(18)24/h1-11H,12H2,(H,25,28). The third-order valence-electron chi connectivity index (χ3n) is 4.26. The summed E-state index contributed by atoms with van der Waals surface area (Å²) in [5, 5.41) is 8.28. The predicted molar refractivity (Wildman–Crippen MR) is 105 cm³/mol. The molecule has 7 heteroatoms. The molecule has 1 heterocycles. The predicted octanol–water partition coefficient (Wildman–Crippen LogP) is 5.27. The van der Waals surface area contributed by atoms with E-state index in [1.54, 1.807) is 18.2 Å². The number of halogens is 3. The monoisotopic (exact) mass is 397 g/mol. The lowest BCUT2D eigenvalue weighted by Gasteiger charge is -2.07. The molecule has 28 heavy (non-hydrogen) atoms. The Morgan fingerprint density at radius 3 is 2.61 bits per heavy atom. The fourth-order valence-electron chi connectivity index (χ4n) is 3.00. The molecule has 0 aliphatic heterocycles. The van der Waals surface area contributed by atoms with Gasteiger partial charge in [-0.3, -0.25) is 9.48 Å². The molecule has 0 radical (unpaired) electrons. The van der Waals surface area contributed by atoms with Crippen LogP contribution in [0.4, 0.5) is 14.5 Å². The first kappa shape index (κ1) is 18.1. The number of nitrogens with zero attached hydrogens (tertiary/aromatic N) is 2. The van der Waals surface area contributed by atoms with E-state index in [0.717, 1.165) is 29.1 Å². The van der Waals surface area contributed by atoms with Gasteiger partial charge in [0, 0.05) is 22.0 Å². The molecular formula is C21H14ClF2N3O. The van der Waals surface area contributed by atoms with Crippen molar-refractivity contribution in [2.75, 3.05) is 5.32 Å². The Morgan fingerprint density at radius 2 is 1.82 bits per heavy atom. The van der Waals surface area contributed by atoms with Crippen LogP contribution in [-0.4, -0.2) is 15.7 Å². The fraction of sp³-hybridized carbons (Fsp3) is 0.0476. The first-order chi connectivity index (χ1) is 13.5. The third-order valence-corrected chi connectivity index (χ3v) is 4.49. The van der Waals surface area contributed by atoms with E-state index in [1.165, 1.54) is 4.68 Å². The minimum Gasteiger partial charge on any atom is -0.322 e. The number of aromatic nitrogens is 2. The number of carbonyl (C=O) groups is 1. The lowest BCUT2D eigenvalue weighted by molar-refractivity contribution is -0.116. The van der Waals surface area contributed by atoms with Crippen molar-refractivity contribution in [3.05, 3.63) is 83.4 Å². The van der Waals surface area contributed by atoms with Crippen LogP contribution in [0.5, 0.6) is 0 Å². The zero-order valence-corrected chi connectivity index (χ0v) is 15.3. The number of fused-ring (bicyclic) bond motifs is 1. The highest BCUT2D eigenvalue weighted by Crippen LogP contribution is 2.30. The van der Waals surface area contributed by atoms with E-state index in [0.29, 0.717) is 16.2 Å². The van der Waals surface area contributed by atoms with Crippen molar-refractivity contribution in [1.29, 1.82) is 0 Å². The van der Waals surface area contributed by atoms with Crippen molar-refractivity contribution in [1.82, 2.24) is 9.78 Å². The number of rotatable bonds is 4. The van der Waals surface area contributed by atoms with Gasteiger partial charge in [0.25, 0.3) is 0 Å². The minimum absolute atomic E-state index is 0.166. The van der Waals surface area contributed by atoms with Gasteiger partial charge in [0.1, 0.15) is 23.9 Å². The first-order valence-electron chi connectivity index (χ1n) is 8.47. The number of benzene rings is 3. The maximum absolute atomic E-state index is 13.8. The van der Waals surface area contributed by atoms with Crippen molar-refractivity contribution in [3.63, 3.8) is 0 Å². The Balaban J connectivity index is 1.69. The smallest absolute Gasteiger partial charge is 0.246 e. The molecule has 4 rings (SSSR count). The molecular weight excluding hydrogens is 384 g/mol. The van der Waals surface area contributed by atoms with Gasteiger partial charge in [-0.15, -0.1) is 0 Å². The summed E-state index contributed by atoms with van der Waals surface area (Å²) in [7, 11) is 0. The maximum Gasteiger partial charge on any atom is 0.246 e. The van der Waals surface area contributed by atoms with Gasteiger partial charge in [0.2, 0.25) is 5.91 Å². The van der Waals surface area contributed by atoms with Crippen molar-refractivity contribution in [2.24, 2.45) is 0 Å². The van der Waals surface area contributed by atoms with Gasteiger partial charge in [0.15, 0.2) is 0 Å². The zero-order valence-electron chi connectivity index (χ0n) is 14.5. The summed E-state index contributed by atoms with van der Waals surface area (Å²) in [5.74, 6) is -1.87. The van der Waals surface area contributed by atoms with Gasteiger partial charge in [-0.25, -0.2) is 8.78 Å². The highest BCUT2D eigenvalue weighted by molar-refractivity contribution is 6.31. The van der Waals surface area contributed by atoms with E-state index in [4.69, 9.17) is 11.6 Å². The molecule has 0 saturated heterocycles. The van der Waals surface area contributed by atoms with Crippen LogP contribution in [0.2, 0.25) is 5.02 Å². The average molecular weight is 398 g/mol. The molecule has 0 aliphatic rings. The molecule has 1 N–H and O–H groups in total. The van der Waals surface area contributed by atoms with E-state index in [2.05, 4.69) is 10.4 Å². The molecule has 0 bridgehead atoms. The van der Waals surface area contributed by atoms with Gasteiger partial charge in [0.05, 0.1) is 11.2 Å². The highest BCUT2D eigenvalue weighted by atomic mass is 35.5. The topological polar surface area (TPSA) is 46.9 Å². The first-order valence-corrected chi connectivity index (χ1v) is 8.85. The van der Waals surface area contributed by atoms with Crippen molar-refractivity contribution in [2.45, 2.75) is 6.54 Å². The highest BCUT2D eigenvalue weighted by Gasteiger charge is 2.16. The second kappa shape index (κ2) is 7.40. The quantitative estimate of drug-likeness (QED) is 0.509. The zero-order chi connectivity index (χ0) is 19.7. The number of hydrogen-bond acceptors (Lipinski definition) is 2. The van der Waals surface area contributed by atoms with Crippen LogP contribution < -0.4 is 5.32 Å². The summed E-state index contributed by atoms with van der Waals surface area (Å²) in [5.41, 5.74) is 2.05. The summed E-state index contributed by atoms with van der Waals surface area (Å²) in [6.07, 6.45) is 0. The molecule has 140 valence electrons. The minimum atomic E-state index is -0.711. The number of carbonyl (C=O) groups excluding carboxylic acids is 1. The van der Waals surface area contributed by atoms with Gasteiger partial charge >= 0.3 is 0 Å². The van der Waals surface area contributed by atoms with Crippen LogP contribution in [0.15, 0.2) is 66.7 Å². The van der Waals surface area contributed by atoms with Crippen LogP contribution in [0, 0.1) is 11.6 Å². The van der Waals surface area contributed by atoms with E-state index in [9.17, 15) is 13.6 Å². The lowest BCUT2D eigenvalue weighted by atomic mass is 10.1. The van der Waals surface area contributed by atoms with Crippen LogP contribution in [0.1, 0.15) is 0 Å². The van der Waals surface area contributed by atoms with E-state index >= 15 is 0 Å². The molecule has 4 nitrogen and oxygen atoms in total. The fourth-order valence-corrected chi connectivity index (χ4v) is 3.17. The number of anilines is 1. The number of hydrogen-bond donors (Lipinski definition) is 1. The van der Waals surface area contributed by atoms with Crippen LogP contribution >= 0.6 is 11.6 Å². The van der Waals surface area contributed by atoms with Gasteiger partial charge in [-0.05, 0) is 30.3 Å². The third kappa shape index (κ3) is 3.59. The van der Waals surface area contributed by atoms with Crippen LogP contribution in [-0.2, 0) is 11.3 Å². The second-order valence-corrected chi connectivity index (χ2v) is 6.64. The summed E-state index contributed by atoms with van der Waals surface area (Å²) in [6, 6.07) is 17.7. The van der Waals surface area contributed by atoms with Crippen molar-refractivity contribution < 1.29 is 13.6 Å². The van der Waals surface area contributed by atoms with Crippen molar-refractivity contribution in [3.8, 4) is 11.3 Å². The van der Waals surface area contributed by atoms with E-state index in [1.807, 2.05) is 30.3 Å². The molecule has 0 atom stereocenters. The molecule has 0 aliphatic carbocycles. The number of amides is 1. The Kier molecular flexibility index (Phi) is 4.79. The molecule has 1 amide bonds. The van der Waals surface area contributed by atoms with E-state index in [-0.39, 0.29) is 12.2 Å². The summed E-state index contributed by atoms with van der Waals surface area (Å²) in [4.78, 5) is 12.4. The van der Waals surface area contributed by atoms with Crippen LogP contribution in [0.3, 0.4) is 0 Å². The lowest BCUT2D eigenvalue weighted by Crippen LogP contribution is -2.20. The maximum atomic E-state index is 13.8. The Hall–Kier alpha value is -3.25. The van der Waals surface area contributed by atoms with Gasteiger partial charge in [-0.2, -0.15) is 5.10 Å². The Labute approximate surface area is 164 Å². The largest absolute Gasteiger partial charge is 0.322 e. The normalized spacial score (nSPS) is 11.0. The molecule has 1 aromatic heterocycles. The Morgan fingerprint density at radius 1 is 1.04 bits per heavy atom. The molecule has 0 unspecified atom stereocenters. The van der Waals surface area contributed by atoms with Gasteiger partial charge < -0.3 is 5.32 Å². The molecule has 3 aromatic carbocycles. The average Bonchev–Trinajstić information content (AvgIpc) is 3.03. The Bertz CT molecular complexity index is 1180. The summed E-state index contributed by atoms with van der Waals surface area (Å²) < 4.78 is 28.6. The summed E-state index contributed by atoms with van der Waals surface area (Å²) in [6.45, 7) is -0.166. The molecule has 4 aromatic rings. The molecule has 0 spiro atoms. The summed E-state index contributed by atoms with van der Waals surface area (Å²) >= 11 is 6.14.